The Morgan fingerprint density at radius 2 is 2.22 bits per heavy atom. The molecule has 2 atom stereocenters. The third kappa shape index (κ3) is 3.78. The normalized spacial score (nSPS) is 23.9. The number of anilines is 1. The standard InChI is InChI=1S/C14H19Cl2NO/c1-2-3-12-9-11(6-7-18-12)17-14-8-10(15)4-5-13(14)16/h4-5,8,11-12,17H,2-3,6-7,9H2,1H3. The minimum Gasteiger partial charge on any atom is -0.381 e. The molecule has 0 saturated carbocycles. The van der Waals surface area contributed by atoms with E-state index in [9.17, 15) is 0 Å². The molecule has 0 bridgehead atoms. The highest BCUT2D eigenvalue weighted by atomic mass is 35.5. The van der Waals surface area contributed by atoms with Crippen LogP contribution in [0.25, 0.3) is 0 Å². The third-order valence-electron chi connectivity index (χ3n) is 3.27. The van der Waals surface area contributed by atoms with Crippen LogP contribution in [0.2, 0.25) is 10.0 Å². The summed E-state index contributed by atoms with van der Waals surface area (Å²) in [6.45, 7) is 3.01. The van der Waals surface area contributed by atoms with Crippen LogP contribution in [0.5, 0.6) is 0 Å². The van der Waals surface area contributed by atoms with Crippen LogP contribution in [0.1, 0.15) is 32.6 Å². The molecule has 1 aliphatic heterocycles. The maximum Gasteiger partial charge on any atom is 0.0638 e. The van der Waals surface area contributed by atoms with Gasteiger partial charge in [-0.05, 0) is 37.5 Å². The maximum atomic E-state index is 6.16. The second kappa shape index (κ2) is 6.65. The first-order valence-electron chi connectivity index (χ1n) is 6.52. The summed E-state index contributed by atoms with van der Waals surface area (Å²) in [7, 11) is 0. The Hall–Kier alpha value is -0.440. The molecule has 2 unspecified atom stereocenters. The van der Waals surface area contributed by atoms with E-state index < -0.39 is 0 Å². The van der Waals surface area contributed by atoms with Crippen LogP contribution in [-0.4, -0.2) is 18.8 Å². The van der Waals surface area contributed by atoms with Gasteiger partial charge < -0.3 is 10.1 Å². The van der Waals surface area contributed by atoms with Gasteiger partial charge in [0.1, 0.15) is 0 Å². The molecule has 1 aliphatic rings. The van der Waals surface area contributed by atoms with Crippen molar-refractivity contribution < 1.29 is 4.74 Å². The topological polar surface area (TPSA) is 21.3 Å². The molecule has 1 fully saturated rings. The Morgan fingerprint density at radius 1 is 1.39 bits per heavy atom. The first kappa shape index (κ1) is 14.0. The molecule has 4 heteroatoms. The number of hydrogen-bond donors (Lipinski definition) is 1. The fourth-order valence-electron chi connectivity index (χ4n) is 2.36. The van der Waals surface area contributed by atoms with Gasteiger partial charge in [0.25, 0.3) is 0 Å². The molecule has 0 spiro atoms. The lowest BCUT2D eigenvalue weighted by molar-refractivity contribution is 0.00598. The molecule has 1 heterocycles. The zero-order chi connectivity index (χ0) is 13.0. The third-order valence-corrected chi connectivity index (χ3v) is 3.83. The van der Waals surface area contributed by atoms with Crippen LogP contribution in [0.3, 0.4) is 0 Å². The Balaban J connectivity index is 1.98. The quantitative estimate of drug-likeness (QED) is 0.863. The molecule has 1 aromatic carbocycles. The molecule has 0 amide bonds. The predicted molar refractivity (Wildman–Crippen MR) is 77.8 cm³/mol. The summed E-state index contributed by atoms with van der Waals surface area (Å²) < 4.78 is 5.74. The van der Waals surface area contributed by atoms with Crippen LogP contribution < -0.4 is 5.32 Å². The Labute approximate surface area is 119 Å². The Kier molecular flexibility index (Phi) is 5.16. The molecule has 2 rings (SSSR count). The smallest absolute Gasteiger partial charge is 0.0638 e. The van der Waals surface area contributed by atoms with E-state index in [0.29, 0.717) is 17.2 Å². The molecular formula is C14H19Cl2NO. The fraction of sp³-hybridized carbons (Fsp3) is 0.571. The summed E-state index contributed by atoms with van der Waals surface area (Å²) >= 11 is 12.2. The number of halogens is 2. The monoisotopic (exact) mass is 287 g/mol. The fourth-order valence-corrected chi connectivity index (χ4v) is 2.71. The van der Waals surface area contributed by atoms with E-state index in [1.165, 1.54) is 0 Å². The summed E-state index contributed by atoms with van der Waals surface area (Å²) in [5, 5.41) is 4.91. The molecule has 2 nitrogen and oxygen atoms in total. The van der Waals surface area contributed by atoms with Gasteiger partial charge in [-0.15, -0.1) is 0 Å². The van der Waals surface area contributed by atoms with Crippen molar-refractivity contribution in [1.82, 2.24) is 0 Å². The molecule has 0 aliphatic carbocycles. The van der Waals surface area contributed by atoms with E-state index in [2.05, 4.69) is 12.2 Å². The summed E-state index contributed by atoms with van der Waals surface area (Å²) in [5.74, 6) is 0. The van der Waals surface area contributed by atoms with E-state index in [4.69, 9.17) is 27.9 Å². The highest BCUT2D eigenvalue weighted by Gasteiger charge is 2.22. The first-order chi connectivity index (χ1) is 8.69. The molecule has 1 saturated heterocycles. The van der Waals surface area contributed by atoms with Crippen molar-refractivity contribution in [2.45, 2.75) is 44.8 Å². The van der Waals surface area contributed by atoms with Gasteiger partial charge in [0.05, 0.1) is 16.8 Å². The van der Waals surface area contributed by atoms with Gasteiger partial charge >= 0.3 is 0 Å². The molecule has 0 radical (unpaired) electrons. The summed E-state index contributed by atoms with van der Waals surface area (Å²) in [6, 6.07) is 5.94. The van der Waals surface area contributed by atoms with Gasteiger partial charge in [-0.2, -0.15) is 0 Å². The number of nitrogens with one attached hydrogen (secondary N) is 1. The van der Waals surface area contributed by atoms with Crippen molar-refractivity contribution in [2.75, 3.05) is 11.9 Å². The van der Waals surface area contributed by atoms with Crippen molar-refractivity contribution in [3.8, 4) is 0 Å². The summed E-state index contributed by atoms with van der Waals surface area (Å²) in [4.78, 5) is 0. The molecule has 18 heavy (non-hydrogen) atoms. The number of benzene rings is 1. The summed E-state index contributed by atoms with van der Waals surface area (Å²) in [6.07, 6.45) is 4.72. The van der Waals surface area contributed by atoms with Crippen molar-refractivity contribution in [2.24, 2.45) is 0 Å². The molecule has 1 N–H and O–H groups in total. The molecule has 100 valence electrons. The average molecular weight is 288 g/mol. The molecule has 1 aromatic rings. The number of hydrogen-bond acceptors (Lipinski definition) is 2. The van der Waals surface area contributed by atoms with Crippen LogP contribution >= 0.6 is 23.2 Å². The lowest BCUT2D eigenvalue weighted by Crippen LogP contribution is -2.34. The van der Waals surface area contributed by atoms with E-state index >= 15 is 0 Å². The van der Waals surface area contributed by atoms with Crippen molar-refractivity contribution in [3.63, 3.8) is 0 Å². The second-order valence-corrected chi connectivity index (χ2v) is 5.61. The first-order valence-corrected chi connectivity index (χ1v) is 7.28. The highest BCUT2D eigenvalue weighted by molar-refractivity contribution is 6.35. The zero-order valence-electron chi connectivity index (χ0n) is 10.6. The van der Waals surface area contributed by atoms with Gasteiger partial charge in [0, 0.05) is 17.7 Å². The maximum absolute atomic E-state index is 6.16. The van der Waals surface area contributed by atoms with Gasteiger partial charge in [-0.25, -0.2) is 0 Å². The van der Waals surface area contributed by atoms with Gasteiger partial charge in [0.15, 0.2) is 0 Å². The predicted octanol–water partition coefficient (Wildman–Crippen LogP) is 4.75. The number of ether oxygens (including phenoxy) is 1. The second-order valence-electron chi connectivity index (χ2n) is 4.77. The van der Waals surface area contributed by atoms with Gasteiger partial charge in [0.2, 0.25) is 0 Å². The zero-order valence-corrected chi connectivity index (χ0v) is 12.1. The summed E-state index contributed by atoms with van der Waals surface area (Å²) in [5.41, 5.74) is 0.923. The van der Waals surface area contributed by atoms with Crippen LogP contribution in [0, 0.1) is 0 Å². The average Bonchev–Trinajstić information content (AvgIpc) is 2.35. The lowest BCUT2D eigenvalue weighted by Gasteiger charge is -2.31. The van der Waals surface area contributed by atoms with E-state index in [0.717, 1.165) is 43.0 Å². The minimum absolute atomic E-state index is 0.374. The van der Waals surface area contributed by atoms with Gasteiger partial charge in [-0.3, -0.25) is 0 Å². The van der Waals surface area contributed by atoms with E-state index in [-0.39, 0.29) is 0 Å². The van der Waals surface area contributed by atoms with E-state index in [1.54, 1.807) is 6.07 Å². The number of rotatable bonds is 4. The minimum atomic E-state index is 0.374. The lowest BCUT2D eigenvalue weighted by atomic mass is 10.00. The van der Waals surface area contributed by atoms with Gasteiger partial charge in [-0.1, -0.05) is 36.5 Å². The van der Waals surface area contributed by atoms with Crippen molar-refractivity contribution in [1.29, 1.82) is 0 Å². The molecular weight excluding hydrogens is 269 g/mol. The highest BCUT2D eigenvalue weighted by Crippen LogP contribution is 2.28. The molecule has 0 aromatic heterocycles. The van der Waals surface area contributed by atoms with Crippen molar-refractivity contribution >= 4 is 28.9 Å². The largest absolute Gasteiger partial charge is 0.381 e. The SMILES string of the molecule is CCCC1CC(Nc2cc(Cl)ccc2Cl)CCO1. The van der Waals surface area contributed by atoms with Crippen LogP contribution in [0.15, 0.2) is 18.2 Å². The van der Waals surface area contributed by atoms with Crippen molar-refractivity contribution in [3.05, 3.63) is 28.2 Å². The van der Waals surface area contributed by atoms with Crippen LogP contribution in [-0.2, 0) is 4.74 Å². The van der Waals surface area contributed by atoms with Crippen LogP contribution in [0.4, 0.5) is 5.69 Å². The Bertz CT molecular complexity index is 395. The Morgan fingerprint density at radius 3 is 3.00 bits per heavy atom. The van der Waals surface area contributed by atoms with E-state index in [1.807, 2.05) is 12.1 Å².